The monoisotopic (exact) mass is 313 g/mol. The van der Waals surface area contributed by atoms with E-state index in [0.29, 0.717) is 10.9 Å². The van der Waals surface area contributed by atoms with Crippen molar-refractivity contribution in [3.8, 4) is 0 Å². The summed E-state index contributed by atoms with van der Waals surface area (Å²) in [6.07, 6.45) is 0.639. The predicted molar refractivity (Wildman–Crippen MR) is 73.8 cm³/mol. The molecule has 1 unspecified atom stereocenters. The maximum Gasteiger partial charge on any atom is 0.137 e. The van der Waals surface area contributed by atoms with Crippen LogP contribution >= 0.6 is 27.3 Å². The molecule has 1 aromatic heterocycles. The van der Waals surface area contributed by atoms with E-state index < -0.39 is 0 Å². The molecule has 1 aromatic carbocycles. The Morgan fingerprint density at radius 1 is 1.41 bits per heavy atom. The zero-order valence-corrected chi connectivity index (χ0v) is 11.8. The summed E-state index contributed by atoms with van der Waals surface area (Å²) in [4.78, 5) is 1.17. The molecule has 0 bridgehead atoms. The number of benzene rings is 1. The van der Waals surface area contributed by atoms with Gasteiger partial charge in [-0.1, -0.05) is 12.1 Å². The van der Waals surface area contributed by atoms with Gasteiger partial charge < -0.3 is 5.73 Å². The fourth-order valence-corrected chi connectivity index (χ4v) is 3.16. The van der Waals surface area contributed by atoms with Crippen LogP contribution in [-0.2, 0) is 6.42 Å². The predicted octanol–water partition coefficient (Wildman–Crippen LogP) is 4.20. The van der Waals surface area contributed by atoms with E-state index in [1.807, 2.05) is 18.4 Å². The zero-order valence-electron chi connectivity index (χ0n) is 9.41. The van der Waals surface area contributed by atoms with Crippen LogP contribution in [0.15, 0.2) is 34.1 Å². The van der Waals surface area contributed by atoms with Crippen molar-refractivity contribution in [3.05, 3.63) is 55.9 Å². The highest BCUT2D eigenvalue weighted by molar-refractivity contribution is 9.10. The van der Waals surface area contributed by atoms with Crippen LogP contribution in [-0.4, -0.2) is 0 Å². The van der Waals surface area contributed by atoms with Gasteiger partial charge in [0.25, 0.3) is 0 Å². The minimum Gasteiger partial charge on any atom is -0.323 e. The average Bonchev–Trinajstić information content (AvgIpc) is 2.71. The summed E-state index contributed by atoms with van der Waals surface area (Å²) in [6.45, 7) is 2.05. The van der Waals surface area contributed by atoms with Crippen molar-refractivity contribution >= 4 is 27.3 Å². The smallest absolute Gasteiger partial charge is 0.137 e. The second-order valence-electron chi connectivity index (χ2n) is 3.99. The second-order valence-corrected chi connectivity index (χ2v) is 5.73. The fourth-order valence-electron chi connectivity index (χ4n) is 1.80. The Morgan fingerprint density at radius 3 is 2.82 bits per heavy atom. The molecule has 1 atom stereocenters. The first-order chi connectivity index (χ1) is 8.09. The summed E-state index contributed by atoms with van der Waals surface area (Å²) >= 11 is 4.92. The van der Waals surface area contributed by atoms with Crippen molar-refractivity contribution in [1.29, 1.82) is 0 Å². The Kier molecular flexibility index (Phi) is 3.97. The first-order valence-corrected chi connectivity index (χ1v) is 6.99. The molecule has 0 saturated heterocycles. The van der Waals surface area contributed by atoms with E-state index in [2.05, 4.69) is 22.0 Å². The van der Waals surface area contributed by atoms with Crippen LogP contribution in [0.5, 0.6) is 0 Å². The molecule has 2 N–H and O–H groups in total. The van der Waals surface area contributed by atoms with Crippen molar-refractivity contribution in [3.63, 3.8) is 0 Å². The molecule has 0 fully saturated rings. The van der Waals surface area contributed by atoms with Crippen LogP contribution in [0.1, 0.15) is 22.0 Å². The topological polar surface area (TPSA) is 26.0 Å². The Labute approximate surface area is 113 Å². The Bertz CT molecular complexity index is 524. The molecule has 90 valence electrons. The molecule has 1 nitrogen and oxygen atoms in total. The number of hydrogen-bond acceptors (Lipinski definition) is 2. The summed E-state index contributed by atoms with van der Waals surface area (Å²) in [5.41, 5.74) is 8.27. The maximum atomic E-state index is 13.4. The summed E-state index contributed by atoms with van der Waals surface area (Å²) in [5, 5.41) is 2.03. The van der Waals surface area contributed by atoms with Crippen LogP contribution < -0.4 is 5.73 Å². The number of hydrogen-bond donors (Lipinski definition) is 1. The van der Waals surface area contributed by atoms with Crippen LogP contribution in [0, 0.1) is 12.7 Å². The highest BCUT2D eigenvalue weighted by Gasteiger charge is 2.14. The van der Waals surface area contributed by atoms with Gasteiger partial charge in [-0.15, -0.1) is 11.3 Å². The lowest BCUT2D eigenvalue weighted by atomic mass is 10.0. The summed E-state index contributed by atoms with van der Waals surface area (Å²) in [5.74, 6) is -0.238. The summed E-state index contributed by atoms with van der Waals surface area (Å²) in [6, 6.07) is 7.03. The third kappa shape index (κ3) is 2.76. The Morgan fingerprint density at radius 2 is 2.18 bits per heavy atom. The summed E-state index contributed by atoms with van der Waals surface area (Å²) < 4.78 is 13.9. The van der Waals surface area contributed by atoms with Crippen LogP contribution in [0.25, 0.3) is 0 Å². The Balaban J connectivity index is 2.22. The highest BCUT2D eigenvalue weighted by Crippen LogP contribution is 2.28. The molecule has 0 saturated carbocycles. The average molecular weight is 314 g/mol. The SMILES string of the molecule is Cc1ccsc1C(N)Cc1cccc(F)c1Br. The van der Waals surface area contributed by atoms with E-state index in [9.17, 15) is 4.39 Å². The lowest BCUT2D eigenvalue weighted by Gasteiger charge is -2.12. The molecule has 1 heterocycles. The number of rotatable bonds is 3. The van der Waals surface area contributed by atoms with Gasteiger partial charge >= 0.3 is 0 Å². The van der Waals surface area contributed by atoms with Gasteiger partial charge in [-0.3, -0.25) is 0 Å². The third-order valence-electron chi connectivity index (χ3n) is 2.71. The van der Waals surface area contributed by atoms with E-state index in [1.165, 1.54) is 16.5 Å². The van der Waals surface area contributed by atoms with Crippen LogP contribution in [0.4, 0.5) is 4.39 Å². The molecule has 0 radical (unpaired) electrons. The molecule has 0 aliphatic heterocycles. The fraction of sp³-hybridized carbons (Fsp3) is 0.231. The standard InChI is InChI=1S/C13H13BrFNS/c1-8-5-6-17-13(8)11(16)7-9-3-2-4-10(15)12(9)14/h2-6,11H,7,16H2,1H3. The van der Waals surface area contributed by atoms with Crippen molar-refractivity contribution in [1.82, 2.24) is 0 Å². The first-order valence-electron chi connectivity index (χ1n) is 5.32. The van der Waals surface area contributed by atoms with E-state index in [4.69, 9.17) is 5.73 Å². The molecule has 4 heteroatoms. The van der Waals surface area contributed by atoms with Crippen LogP contribution in [0.3, 0.4) is 0 Å². The van der Waals surface area contributed by atoms with Crippen molar-refractivity contribution in [2.24, 2.45) is 5.73 Å². The lowest BCUT2D eigenvalue weighted by molar-refractivity contribution is 0.614. The molecule has 0 amide bonds. The normalized spacial score (nSPS) is 12.7. The third-order valence-corrected chi connectivity index (χ3v) is 4.75. The molecule has 2 aromatic rings. The van der Waals surface area contributed by atoms with E-state index in [1.54, 1.807) is 17.4 Å². The van der Waals surface area contributed by atoms with Crippen molar-refractivity contribution in [2.75, 3.05) is 0 Å². The molecular weight excluding hydrogens is 301 g/mol. The number of nitrogens with two attached hydrogens (primary N) is 1. The van der Waals surface area contributed by atoms with E-state index in [0.717, 1.165) is 5.56 Å². The number of halogens is 2. The number of thiophene rings is 1. The van der Waals surface area contributed by atoms with Gasteiger partial charge in [-0.2, -0.15) is 0 Å². The molecular formula is C13H13BrFNS. The zero-order chi connectivity index (χ0) is 12.4. The van der Waals surface area contributed by atoms with Crippen molar-refractivity contribution in [2.45, 2.75) is 19.4 Å². The molecule has 17 heavy (non-hydrogen) atoms. The van der Waals surface area contributed by atoms with Gasteiger partial charge in [0.05, 0.1) is 4.47 Å². The maximum absolute atomic E-state index is 13.4. The van der Waals surface area contributed by atoms with Crippen LogP contribution in [0.2, 0.25) is 0 Å². The number of aryl methyl sites for hydroxylation is 1. The van der Waals surface area contributed by atoms with Gasteiger partial charge in [-0.05, 0) is 57.9 Å². The largest absolute Gasteiger partial charge is 0.323 e. The molecule has 0 aliphatic rings. The van der Waals surface area contributed by atoms with Crippen molar-refractivity contribution < 1.29 is 4.39 Å². The van der Waals surface area contributed by atoms with Gasteiger partial charge in [0.15, 0.2) is 0 Å². The minimum atomic E-state index is -0.238. The Hall–Kier alpha value is -0.710. The molecule has 0 spiro atoms. The van der Waals surface area contributed by atoms with Gasteiger partial charge in [0.1, 0.15) is 5.82 Å². The molecule has 0 aliphatic carbocycles. The van der Waals surface area contributed by atoms with Gasteiger partial charge in [0, 0.05) is 10.9 Å². The van der Waals surface area contributed by atoms with E-state index >= 15 is 0 Å². The van der Waals surface area contributed by atoms with Gasteiger partial charge in [-0.25, -0.2) is 4.39 Å². The summed E-state index contributed by atoms with van der Waals surface area (Å²) in [7, 11) is 0. The highest BCUT2D eigenvalue weighted by atomic mass is 79.9. The lowest BCUT2D eigenvalue weighted by Crippen LogP contribution is -2.13. The first kappa shape index (κ1) is 12.7. The van der Waals surface area contributed by atoms with Gasteiger partial charge in [0.2, 0.25) is 0 Å². The minimum absolute atomic E-state index is 0.0758. The molecule has 2 rings (SSSR count). The second kappa shape index (κ2) is 5.29. The quantitative estimate of drug-likeness (QED) is 0.903. The van der Waals surface area contributed by atoms with E-state index in [-0.39, 0.29) is 11.9 Å².